The zero-order valence-electron chi connectivity index (χ0n) is 18.2. The summed E-state index contributed by atoms with van der Waals surface area (Å²) < 4.78 is 7.56. The molecule has 156 valence electrons. The summed E-state index contributed by atoms with van der Waals surface area (Å²) in [5, 5.41) is 8.70. The molecule has 0 saturated carbocycles. The third-order valence-corrected chi connectivity index (χ3v) is 4.98. The standard InChI is InChI=1S/C24H28N4O2/c1-16-7-10-21(11-8-16)14-28-20(5)22(19(4)27-28)13-25-26-24(29)15-30-23-12-17(2)6-9-18(23)3/h6-13H,14-15H2,1-5H3,(H,26,29)/b25-13-. The Hall–Kier alpha value is -3.41. The van der Waals surface area contributed by atoms with Gasteiger partial charge in [-0.15, -0.1) is 0 Å². The van der Waals surface area contributed by atoms with E-state index in [-0.39, 0.29) is 12.5 Å². The third kappa shape index (κ3) is 5.35. The highest BCUT2D eigenvalue weighted by Gasteiger charge is 2.10. The van der Waals surface area contributed by atoms with Crippen LogP contribution in [0.15, 0.2) is 47.6 Å². The van der Waals surface area contributed by atoms with Crippen LogP contribution in [-0.2, 0) is 11.3 Å². The van der Waals surface area contributed by atoms with Gasteiger partial charge in [0.15, 0.2) is 6.61 Å². The van der Waals surface area contributed by atoms with Crippen molar-refractivity contribution in [1.29, 1.82) is 0 Å². The van der Waals surface area contributed by atoms with Gasteiger partial charge in [0, 0.05) is 11.3 Å². The number of ether oxygens (including phenoxy) is 1. The first-order chi connectivity index (χ1) is 14.3. The number of carbonyl (C=O) groups excluding carboxylic acids is 1. The first kappa shape index (κ1) is 21.3. The number of carbonyl (C=O) groups is 1. The Morgan fingerprint density at radius 1 is 1.07 bits per heavy atom. The molecule has 6 heteroatoms. The van der Waals surface area contributed by atoms with Gasteiger partial charge in [0.1, 0.15) is 5.75 Å². The Balaban J connectivity index is 1.59. The van der Waals surface area contributed by atoms with Gasteiger partial charge >= 0.3 is 0 Å². The zero-order valence-corrected chi connectivity index (χ0v) is 18.2. The van der Waals surface area contributed by atoms with E-state index < -0.39 is 0 Å². The summed E-state index contributed by atoms with van der Waals surface area (Å²) in [5.41, 5.74) is 9.78. The van der Waals surface area contributed by atoms with E-state index in [1.165, 1.54) is 11.1 Å². The van der Waals surface area contributed by atoms with Gasteiger partial charge in [-0.05, 0) is 57.4 Å². The quantitative estimate of drug-likeness (QED) is 0.478. The molecule has 30 heavy (non-hydrogen) atoms. The lowest BCUT2D eigenvalue weighted by molar-refractivity contribution is -0.123. The number of benzene rings is 2. The van der Waals surface area contributed by atoms with Gasteiger partial charge < -0.3 is 4.74 Å². The molecular formula is C24H28N4O2. The molecule has 0 aliphatic heterocycles. The van der Waals surface area contributed by atoms with E-state index in [2.05, 4.69) is 46.8 Å². The van der Waals surface area contributed by atoms with E-state index in [1.807, 2.05) is 50.6 Å². The highest BCUT2D eigenvalue weighted by Crippen LogP contribution is 2.19. The van der Waals surface area contributed by atoms with Gasteiger partial charge in [-0.25, -0.2) is 5.43 Å². The van der Waals surface area contributed by atoms with Crippen molar-refractivity contribution >= 4 is 12.1 Å². The molecule has 1 aromatic heterocycles. The fraction of sp³-hybridized carbons (Fsp3) is 0.292. The van der Waals surface area contributed by atoms with E-state index in [1.54, 1.807) is 6.21 Å². The van der Waals surface area contributed by atoms with Gasteiger partial charge in [-0.2, -0.15) is 10.2 Å². The topological polar surface area (TPSA) is 68.5 Å². The Morgan fingerprint density at radius 2 is 1.77 bits per heavy atom. The summed E-state index contributed by atoms with van der Waals surface area (Å²) in [6.45, 7) is 10.5. The zero-order chi connectivity index (χ0) is 21.7. The van der Waals surface area contributed by atoms with E-state index in [0.717, 1.165) is 28.1 Å². The third-order valence-electron chi connectivity index (χ3n) is 4.98. The smallest absolute Gasteiger partial charge is 0.277 e. The number of aryl methyl sites for hydroxylation is 4. The molecule has 1 amide bonds. The lowest BCUT2D eigenvalue weighted by atomic mass is 10.1. The molecule has 0 unspecified atom stereocenters. The Bertz CT molecular complexity index is 1070. The number of hydrazone groups is 1. The maximum Gasteiger partial charge on any atom is 0.277 e. The van der Waals surface area contributed by atoms with Crippen LogP contribution in [-0.4, -0.2) is 28.5 Å². The Kier molecular flexibility index (Phi) is 6.67. The molecule has 2 aromatic carbocycles. The van der Waals surface area contributed by atoms with Crippen LogP contribution < -0.4 is 10.2 Å². The number of hydrogen-bond acceptors (Lipinski definition) is 4. The Labute approximate surface area is 177 Å². The van der Waals surface area contributed by atoms with Crippen molar-refractivity contribution in [2.45, 2.75) is 41.2 Å². The molecule has 1 heterocycles. The summed E-state index contributed by atoms with van der Waals surface area (Å²) in [7, 11) is 0. The molecule has 0 aliphatic rings. The van der Waals surface area contributed by atoms with E-state index in [4.69, 9.17) is 4.74 Å². The molecule has 0 saturated heterocycles. The molecular weight excluding hydrogens is 376 g/mol. The van der Waals surface area contributed by atoms with Crippen molar-refractivity contribution in [3.63, 3.8) is 0 Å². The predicted octanol–water partition coefficient (Wildman–Crippen LogP) is 4.00. The molecule has 1 N–H and O–H groups in total. The predicted molar refractivity (Wildman–Crippen MR) is 119 cm³/mol. The fourth-order valence-electron chi connectivity index (χ4n) is 3.13. The van der Waals surface area contributed by atoms with Gasteiger partial charge in [0.25, 0.3) is 5.91 Å². The average molecular weight is 405 g/mol. The van der Waals surface area contributed by atoms with Crippen LogP contribution in [0.1, 0.15) is 39.2 Å². The second-order valence-corrected chi connectivity index (χ2v) is 7.58. The van der Waals surface area contributed by atoms with Gasteiger partial charge in [0.2, 0.25) is 0 Å². The number of amides is 1. The molecule has 0 atom stereocenters. The minimum absolute atomic E-state index is 0.0910. The summed E-state index contributed by atoms with van der Waals surface area (Å²) in [4.78, 5) is 12.1. The SMILES string of the molecule is Cc1ccc(Cn2nc(C)c(/C=N\NC(=O)COc3cc(C)ccc3C)c2C)cc1. The average Bonchev–Trinajstić information content (AvgIpc) is 2.97. The van der Waals surface area contributed by atoms with E-state index >= 15 is 0 Å². The number of aromatic nitrogens is 2. The molecule has 3 rings (SSSR count). The second kappa shape index (κ2) is 9.39. The van der Waals surface area contributed by atoms with Crippen molar-refractivity contribution in [3.05, 3.63) is 81.7 Å². The molecule has 0 bridgehead atoms. The first-order valence-corrected chi connectivity index (χ1v) is 9.95. The lowest BCUT2D eigenvalue weighted by Crippen LogP contribution is -2.24. The number of nitrogens with zero attached hydrogens (tertiary/aromatic N) is 3. The normalized spacial score (nSPS) is 11.1. The van der Waals surface area contributed by atoms with Crippen molar-refractivity contribution < 1.29 is 9.53 Å². The van der Waals surface area contributed by atoms with Crippen LogP contribution in [0.3, 0.4) is 0 Å². The Morgan fingerprint density at radius 3 is 2.50 bits per heavy atom. The van der Waals surface area contributed by atoms with Crippen LogP contribution in [0, 0.1) is 34.6 Å². The maximum atomic E-state index is 12.1. The minimum atomic E-state index is -0.311. The number of hydrogen-bond donors (Lipinski definition) is 1. The van der Waals surface area contributed by atoms with Crippen LogP contribution in [0.5, 0.6) is 5.75 Å². The van der Waals surface area contributed by atoms with Crippen LogP contribution in [0.25, 0.3) is 0 Å². The highest BCUT2D eigenvalue weighted by atomic mass is 16.5. The van der Waals surface area contributed by atoms with Gasteiger partial charge in [-0.3, -0.25) is 9.48 Å². The van der Waals surface area contributed by atoms with Crippen LogP contribution in [0.4, 0.5) is 0 Å². The van der Waals surface area contributed by atoms with E-state index in [0.29, 0.717) is 12.3 Å². The number of rotatable bonds is 7. The highest BCUT2D eigenvalue weighted by molar-refractivity contribution is 5.84. The van der Waals surface area contributed by atoms with Crippen molar-refractivity contribution in [2.24, 2.45) is 5.10 Å². The molecule has 0 radical (unpaired) electrons. The van der Waals surface area contributed by atoms with E-state index in [9.17, 15) is 4.79 Å². The van der Waals surface area contributed by atoms with Gasteiger partial charge in [-0.1, -0.05) is 42.0 Å². The summed E-state index contributed by atoms with van der Waals surface area (Å²) in [5.74, 6) is 0.396. The van der Waals surface area contributed by atoms with Crippen molar-refractivity contribution in [2.75, 3.05) is 6.61 Å². The van der Waals surface area contributed by atoms with Crippen molar-refractivity contribution in [3.8, 4) is 5.75 Å². The summed E-state index contributed by atoms with van der Waals surface area (Å²) in [6, 6.07) is 14.3. The van der Waals surface area contributed by atoms with Gasteiger partial charge in [0.05, 0.1) is 18.5 Å². The largest absolute Gasteiger partial charge is 0.483 e. The second-order valence-electron chi connectivity index (χ2n) is 7.58. The molecule has 3 aromatic rings. The summed E-state index contributed by atoms with van der Waals surface area (Å²) >= 11 is 0. The molecule has 0 fully saturated rings. The van der Waals surface area contributed by atoms with Crippen LogP contribution in [0.2, 0.25) is 0 Å². The first-order valence-electron chi connectivity index (χ1n) is 9.95. The fourth-order valence-corrected chi connectivity index (χ4v) is 3.13. The summed E-state index contributed by atoms with van der Waals surface area (Å²) in [6.07, 6.45) is 1.64. The number of nitrogens with one attached hydrogen (secondary N) is 1. The van der Waals surface area contributed by atoms with Crippen molar-refractivity contribution in [1.82, 2.24) is 15.2 Å². The minimum Gasteiger partial charge on any atom is -0.483 e. The molecule has 6 nitrogen and oxygen atoms in total. The lowest BCUT2D eigenvalue weighted by Gasteiger charge is -2.08. The molecule has 0 aliphatic carbocycles. The maximum absolute atomic E-state index is 12.1. The monoisotopic (exact) mass is 404 g/mol. The van der Waals surface area contributed by atoms with Crippen LogP contribution >= 0.6 is 0 Å². The molecule has 0 spiro atoms.